The third-order valence-corrected chi connectivity index (χ3v) is 3.46. The van der Waals surface area contributed by atoms with Gasteiger partial charge in [0, 0.05) is 12.1 Å². The minimum atomic E-state index is 0.0984. The molecular formula is C16H27N3O3. The van der Waals surface area contributed by atoms with E-state index in [0.29, 0.717) is 18.7 Å². The van der Waals surface area contributed by atoms with Crippen molar-refractivity contribution in [3.8, 4) is 5.75 Å². The Balaban J connectivity index is 2.03. The number of nitrogens with zero attached hydrogens (tertiary/aromatic N) is 1. The fourth-order valence-electron chi connectivity index (χ4n) is 2.16. The number of oxime groups is 1. The van der Waals surface area contributed by atoms with Gasteiger partial charge in [0.05, 0.1) is 6.61 Å². The molecule has 0 aliphatic carbocycles. The van der Waals surface area contributed by atoms with E-state index in [1.165, 1.54) is 25.7 Å². The predicted molar refractivity (Wildman–Crippen MR) is 86.6 cm³/mol. The van der Waals surface area contributed by atoms with Gasteiger partial charge in [-0.25, -0.2) is 5.48 Å². The topological polar surface area (TPSA) is 100 Å². The highest BCUT2D eigenvalue weighted by molar-refractivity contribution is 5.97. The lowest BCUT2D eigenvalue weighted by molar-refractivity contribution is 0.164. The van der Waals surface area contributed by atoms with Crippen LogP contribution in [0.3, 0.4) is 0 Å². The SMILES string of the molecule is N/C(=N/O)c1ccc(OCCCCCCCCCNO)cc1. The normalized spacial score (nSPS) is 11.6. The molecule has 0 heterocycles. The van der Waals surface area contributed by atoms with Gasteiger partial charge < -0.3 is 20.9 Å². The molecule has 0 amide bonds. The molecular weight excluding hydrogens is 282 g/mol. The highest BCUT2D eigenvalue weighted by Crippen LogP contribution is 2.13. The van der Waals surface area contributed by atoms with Crippen LogP contribution in [0.4, 0.5) is 0 Å². The third kappa shape index (κ3) is 7.85. The summed E-state index contributed by atoms with van der Waals surface area (Å²) in [4.78, 5) is 0. The number of hydrogen-bond acceptors (Lipinski definition) is 5. The van der Waals surface area contributed by atoms with E-state index in [1.54, 1.807) is 12.1 Å². The van der Waals surface area contributed by atoms with E-state index in [9.17, 15) is 0 Å². The number of hydrogen-bond donors (Lipinski definition) is 4. The molecule has 0 aromatic heterocycles. The smallest absolute Gasteiger partial charge is 0.170 e. The standard InChI is InChI=1S/C16H27N3O3/c17-16(19-21)14-8-10-15(11-9-14)22-13-7-5-3-1-2-4-6-12-18-20/h8-11,18,20-21H,1-7,12-13H2,(H2,17,19). The van der Waals surface area contributed by atoms with E-state index in [4.69, 9.17) is 20.9 Å². The van der Waals surface area contributed by atoms with E-state index < -0.39 is 0 Å². The quantitative estimate of drug-likeness (QED) is 0.156. The number of benzene rings is 1. The van der Waals surface area contributed by atoms with Crippen molar-refractivity contribution in [1.29, 1.82) is 0 Å². The zero-order valence-electron chi connectivity index (χ0n) is 13.0. The molecule has 5 N–H and O–H groups in total. The Bertz CT molecular complexity index is 421. The third-order valence-electron chi connectivity index (χ3n) is 3.46. The Hall–Kier alpha value is -1.79. The first-order chi connectivity index (χ1) is 10.8. The summed E-state index contributed by atoms with van der Waals surface area (Å²) in [6, 6.07) is 7.18. The van der Waals surface area contributed by atoms with Crippen molar-refractivity contribution < 1.29 is 15.2 Å². The second-order valence-electron chi connectivity index (χ2n) is 5.24. The van der Waals surface area contributed by atoms with Crippen LogP contribution in [0, 0.1) is 0 Å². The van der Waals surface area contributed by atoms with Gasteiger partial charge in [0.2, 0.25) is 0 Å². The molecule has 22 heavy (non-hydrogen) atoms. The highest BCUT2D eigenvalue weighted by Gasteiger charge is 1.99. The summed E-state index contributed by atoms with van der Waals surface area (Å²) in [5.41, 5.74) is 8.34. The van der Waals surface area contributed by atoms with Gasteiger partial charge in [-0.15, -0.1) is 0 Å². The molecule has 0 radical (unpaired) electrons. The van der Waals surface area contributed by atoms with Gasteiger partial charge in [0.15, 0.2) is 5.84 Å². The maximum Gasteiger partial charge on any atom is 0.170 e. The molecule has 1 rings (SSSR count). The van der Waals surface area contributed by atoms with Crippen LogP contribution in [-0.4, -0.2) is 29.4 Å². The molecule has 6 nitrogen and oxygen atoms in total. The predicted octanol–water partition coefficient (Wildman–Crippen LogP) is 2.87. The average molecular weight is 309 g/mol. The number of nitrogens with two attached hydrogens (primary N) is 1. The van der Waals surface area contributed by atoms with E-state index in [-0.39, 0.29) is 5.84 Å². The second kappa shape index (κ2) is 11.8. The zero-order valence-corrected chi connectivity index (χ0v) is 13.0. The summed E-state index contributed by atoms with van der Waals surface area (Å²) >= 11 is 0. The van der Waals surface area contributed by atoms with Crippen LogP contribution in [0.5, 0.6) is 5.75 Å². The zero-order chi connectivity index (χ0) is 16.0. The molecule has 0 bridgehead atoms. The first-order valence-corrected chi connectivity index (χ1v) is 7.85. The van der Waals surface area contributed by atoms with Gasteiger partial charge in [-0.2, -0.15) is 0 Å². The minimum Gasteiger partial charge on any atom is -0.494 e. The Morgan fingerprint density at radius 3 is 2.18 bits per heavy atom. The molecule has 0 fully saturated rings. The number of hydroxylamine groups is 1. The first kappa shape index (κ1) is 18.3. The van der Waals surface area contributed by atoms with Gasteiger partial charge in [-0.1, -0.05) is 37.3 Å². The van der Waals surface area contributed by atoms with Crippen LogP contribution in [-0.2, 0) is 0 Å². The van der Waals surface area contributed by atoms with Crippen LogP contribution in [0.2, 0.25) is 0 Å². The largest absolute Gasteiger partial charge is 0.494 e. The summed E-state index contributed by atoms with van der Waals surface area (Å²) in [7, 11) is 0. The van der Waals surface area contributed by atoms with Crippen molar-refractivity contribution in [1.82, 2.24) is 5.48 Å². The number of unbranched alkanes of at least 4 members (excludes halogenated alkanes) is 6. The molecule has 0 aliphatic heterocycles. The van der Waals surface area contributed by atoms with E-state index in [2.05, 4.69) is 10.6 Å². The van der Waals surface area contributed by atoms with Gasteiger partial charge >= 0.3 is 0 Å². The van der Waals surface area contributed by atoms with Crippen LogP contribution in [0.1, 0.15) is 50.5 Å². The molecule has 0 aliphatic rings. The molecule has 6 heteroatoms. The Labute approximate surface area is 131 Å². The van der Waals surface area contributed by atoms with Crippen molar-refractivity contribution in [2.45, 2.75) is 44.9 Å². The highest BCUT2D eigenvalue weighted by atomic mass is 16.5. The molecule has 1 aromatic carbocycles. The van der Waals surface area contributed by atoms with Crippen molar-refractivity contribution in [3.05, 3.63) is 29.8 Å². The van der Waals surface area contributed by atoms with E-state index in [1.807, 2.05) is 12.1 Å². The lowest BCUT2D eigenvalue weighted by atomic mass is 10.1. The molecule has 1 aromatic rings. The van der Waals surface area contributed by atoms with Crippen molar-refractivity contribution in [2.75, 3.05) is 13.2 Å². The Kier molecular flexibility index (Phi) is 9.81. The lowest BCUT2D eigenvalue weighted by Crippen LogP contribution is -2.12. The van der Waals surface area contributed by atoms with Crippen molar-refractivity contribution in [2.24, 2.45) is 10.9 Å². The molecule has 0 spiro atoms. The molecule has 124 valence electrons. The fourth-order valence-corrected chi connectivity index (χ4v) is 2.16. The average Bonchev–Trinajstić information content (AvgIpc) is 2.56. The Morgan fingerprint density at radius 1 is 1.00 bits per heavy atom. The second-order valence-corrected chi connectivity index (χ2v) is 5.24. The van der Waals surface area contributed by atoms with Gasteiger partial charge in [0.25, 0.3) is 0 Å². The van der Waals surface area contributed by atoms with Crippen molar-refractivity contribution in [3.63, 3.8) is 0 Å². The fraction of sp³-hybridized carbons (Fsp3) is 0.562. The molecule has 0 unspecified atom stereocenters. The number of ether oxygens (including phenoxy) is 1. The number of nitrogens with one attached hydrogen (secondary N) is 1. The lowest BCUT2D eigenvalue weighted by Gasteiger charge is -2.07. The van der Waals surface area contributed by atoms with Crippen LogP contribution in [0.15, 0.2) is 29.4 Å². The van der Waals surface area contributed by atoms with Gasteiger partial charge in [0.1, 0.15) is 5.75 Å². The summed E-state index contributed by atoms with van der Waals surface area (Å²) < 4.78 is 5.65. The number of rotatable bonds is 12. The molecule has 0 atom stereocenters. The first-order valence-electron chi connectivity index (χ1n) is 7.85. The summed E-state index contributed by atoms with van der Waals surface area (Å²) in [6.45, 7) is 1.39. The summed E-state index contributed by atoms with van der Waals surface area (Å²) in [6.07, 6.45) is 8.08. The molecule has 0 saturated carbocycles. The summed E-state index contributed by atoms with van der Waals surface area (Å²) in [5.74, 6) is 0.896. The minimum absolute atomic E-state index is 0.0984. The number of amidine groups is 1. The van der Waals surface area contributed by atoms with E-state index in [0.717, 1.165) is 25.0 Å². The Morgan fingerprint density at radius 2 is 1.59 bits per heavy atom. The molecule has 0 saturated heterocycles. The monoisotopic (exact) mass is 309 g/mol. The van der Waals surface area contributed by atoms with Crippen LogP contribution >= 0.6 is 0 Å². The summed E-state index contributed by atoms with van der Waals surface area (Å²) in [5, 5.41) is 20.0. The van der Waals surface area contributed by atoms with Crippen molar-refractivity contribution >= 4 is 5.84 Å². The van der Waals surface area contributed by atoms with Gasteiger partial charge in [-0.05, 0) is 37.1 Å². The van der Waals surface area contributed by atoms with Crippen LogP contribution < -0.4 is 16.0 Å². The maximum absolute atomic E-state index is 8.58. The van der Waals surface area contributed by atoms with E-state index >= 15 is 0 Å². The van der Waals surface area contributed by atoms with Gasteiger partial charge in [-0.3, -0.25) is 0 Å². The maximum atomic E-state index is 8.58. The van der Waals surface area contributed by atoms with Crippen LogP contribution in [0.25, 0.3) is 0 Å².